The van der Waals surface area contributed by atoms with Crippen LogP contribution < -0.4 is 9.20 Å². The zero-order valence-electron chi connectivity index (χ0n) is 23.4. The van der Waals surface area contributed by atoms with Crippen molar-refractivity contribution in [3.63, 3.8) is 0 Å². The molecule has 0 amide bonds. The zero-order chi connectivity index (χ0) is 30.6. The molecule has 0 radical (unpaired) electrons. The molecule has 0 fully saturated rings. The second-order valence-electron chi connectivity index (χ2n) is 10.0. The van der Waals surface area contributed by atoms with Crippen molar-refractivity contribution in [3.8, 4) is 27.4 Å². The fourth-order valence-corrected chi connectivity index (χ4v) is 8.94. The van der Waals surface area contributed by atoms with Gasteiger partial charge in [0.05, 0.1) is 0 Å². The van der Waals surface area contributed by atoms with Crippen LogP contribution in [0.4, 0.5) is 13.2 Å². The van der Waals surface area contributed by atoms with E-state index >= 15 is 0 Å². The number of aryl methyl sites for hydroxylation is 2. The first-order valence-electron chi connectivity index (χ1n) is 13.5. The number of nitrogens with zero attached hydrogens (tertiary/aromatic N) is 1. The number of ether oxygens (including phenoxy) is 1. The molecule has 5 aromatic rings. The molecule has 4 nitrogen and oxygen atoms in total. The molecule has 1 aromatic heterocycles. The standard InChI is InChI=1S/C34H28F3NO3SSe/c1-21-18-28(16-17-29(21)41-20-31(39)40)43-30(19-23-8-10-25(11-9-23)24-6-4-3-5-7-24)32-22(2)38-33(42-32)26-12-14-27(15-13-26)34(35,36)37/h3-18,30H,19-20H2,1-2H3,(H,39,40). The van der Waals surface area contributed by atoms with E-state index in [4.69, 9.17) is 14.8 Å². The van der Waals surface area contributed by atoms with Crippen molar-refractivity contribution in [2.45, 2.75) is 31.3 Å². The first kappa shape index (κ1) is 30.5. The molecule has 1 heterocycles. The molecule has 1 atom stereocenters. The molecule has 0 aliphatic heterocycles. The third-order valence-electron chi connectivity index (χ3n) is 6.84. The molecule has 0 spiro atoms. The third-order valence-corrected chi connectivity index (χ3v) is 11.0. The van der Waals surface area contributed by atoms with E-state index in [9.17, 15) is 18.0 Å². The number of benzene rings is 4. The quantitative estimate of drug-likeness (QED) is 0.154. The number of aromatic nitrogens is 1. The van der Waals surface area contributed by atoms with Crippen molar-refractivity contribution < 1.29 is 27.8 Å². The molecule has 1 N–H and O–H groups in total. The molecule has 0 aliphatic rings. The summed E-state index contributed by atoms with van der Waals surface area (Å²) in [7, 11) is 0. The van der Waals surface area contributed by atoms with E-state index in [2.05, 4.69) is 36.4 Å². The number of carboxylic acids is 1. The summed E-state index contributed by atoms with van der Waals surface area (Å²) in [5.74, 6) is -0.496. The van der Waals surface area contributed by atoms with Crippen LogP contribution in [0.15, 0.2) is 97.1 Å². The molecule has 0 bridgehead atoms. The monoisotopic (exact) mass is 667 g/mol. The molecule has 4 aromatic carbocycles. The van der Waals surface area contributed by atoms with Crippen LogP contribution >= 0.6 is 11.3 Å². The van der Waals surface area contributed by atoms with Crippen molar-refractivity contribution in [2.24, 2.45) is 0 Å². The minimum absolute atomic E-state index is 0.0388. The molecule has 0 aliphatic carbocycles. The summed E-state index contributed by atoms with van der Waals surface area (Å²) in [5.41, 5.74) is 5.16. The van der Waals surface area contributed by atoms with Gasteiger partial charge in [-0.2, -0.15) is 0 Å². The number of hydrogen-bond acceptors (Lipinski definition) is 4. The number of alkyl halides is 3. The average molecular weight is 667 g/mol. The van der Waals surface area contributed by atoms with Crippen molar-refractivity contribution >= 4 is 36.7 Å². The summed E-state index contributed by atoms with van der Waals surface area (Å²) < 4.78 is 45.9. The van der Waals surface area contributed by atoms with Gasteiger partial charge in [0.25, 0.3) is 0 Å². The fraction of sp³-hybridized carbons (Fsp3) is 0.176. The third kappa shape index (κ3) is 7.73. The van der Waals surface area contributed by atoms with Gasteiger partial charge in [-0.3, -0.25) is 0 Å². The second kappa shape index (κ2) is 13.2. The molecule has 0 saturated heterocycles. The number of aliphatic carboxylic acids is 1. The molecule has 5 rings (SSSR count). The van der Waals surface area contributed by atoms with E-state index in [-0.39, 0.29) is 19.8 Å². The van der Waals surface area contributed by atoms with E-state index in [1.165, 1.54) is 29.0 Å². The maximum absolute atomic E-state index is 13.1. The predicted octanol–water partition coefficient (Wildman–Crippen LogP) is 7.89. The van der Waals surface area contributed by atoms with Crippen LogP contribution in [0.2, 0.25) is 0 Å². The Morgan fingerprint density at radius 2 is 1.56 bits per heavy atom. The summed E-state index contributed by atoms with van der Waals surface area (Å²) >= 11 is 1.49. The number of halogens is 3. The number of rotatable bonds is 10. The molecular weight excluding hydrogens is 638 g/mol. The van der Waals surface area contributed by atoms with Gasteiger partial charge in [0.15, 0.2) is 0 Å². The van der Waals surface area contributed by atoms with Gasteiger partial charge in [0, 0.05) is 0 Å². The Kier molecular flexibility index (Phi) is 9.35. The van der Waals surface area contributed by atoms with Crippen molar-refractivity contribution in [1.29, 1.82) is 0 Å². The average Bonchev–Trinajstić information content (AvgIpc) is 3.38. The summed E-state index contributed by atoms with van der Waals surface area (Å²) in [6.07, 6.45) is -3.63. The second-order valence-corrected chi connectivity index (χ2v) is 13.7. The Hall–Kier alpha value is -3.91. The van der Waals surface area contributed by atoms with Gasteiger partial charge in [-0.05, 0) is 0 Å². The van der Waals surface area contributed by atoms with Crippen LogP contribution in [0.3, 0.4) is 0 Å². The predicted molar refractivity (Wildman–Crippen MR) is 165 cm³/mol. The van der Waals surface area contributed by atoms with E-state index in [1.807, 2.05) is 50.2 Å². The Bertz CT molecular complexity index is 1700. The fourth-order valence-electron chi connectivity index (χ4n) is 4.66. The SMILES string of the molecule is Cc1cc([Se]C(Cc2ccc(-c3ccccc3)cc2)c2sc(-c3ccc(C(F)(F)F)cc3)nc2C)ccc1OCC(=O)O. The Labute approximate surface area is 258 Å². The summed E-state index contributed by atoms with van der Waals surface area (Å²) in [6, 6.07) is 29.7. The van der Waals surface area contributed by atoms with E-state index in [0.717, 1.165) is 50.3 Å². The van der Waals surface area contributed by atoms with Gasteiger partial charge in [-0.1, -0.05) is 0 Å². The van der Waals surface area contributed by atoms with Crippen molar-refractivity contribution in [1.82, 2.24) is 4.98 Å². The van der Waals surface area contributed by atoms with Gasteiger partial charge in [0.2, 0.25) is 0 Å². The number of thiazole rings is 1. The maximum atomic E-state index is 13.1. The number of carboxylic acid groups (broad SMARTS) is 1. The summed E-state index contributed by atoms with van der Waals surface area (Å²) in [6.45, 7) is 3.45. The van der Waals surface area contributed by atoms with Crippen LogP contribution in [-0.4, -0.2) is 37.6 Å². The normalized spacial score (nSPS) is 12.2. The number of hydrogen-bond donors (Lipinski definition) is 1. The van der Waals surface area contributed by atoms with E-state index in [1.54, 1.807) is 0 Å². The Morgan fingerprint density at radius 1 is 0.907 bits per heavy atom. The Morgan fingerprint density at radius 3 is 2.19 bits per heavy atom. The minimum atomic E-state index is -4.39. The molecular formula is C34H28F3NO3SSe. The molecule has 9 heteroatoms. The van der Waals surface area contributed by atoms with Crippen LogP contribution in [-0.2, 0) is 17.4 Å². The first-order chi connectivity index (χ1) is 20.6. The zero-order valence-corrected chi connectivity index (χ0v) is 25.9. The van der Waals surface area contributed by atoms with Crippen molar-refractivity contribution in [2.75, 3.05) is 6.61 Å². The Balaban J connectivity index is 1.45. The molecule has 220 valence electrons. The van der Waals surface area contributed by atoms with Crippen LogP contribution in [0.25, 0.3) is 21.7 Å². The number of carbonyl (C=O) groups is 1. The van der Waals surface area contributed by atoms with Crippen LogP contribution in [0.5, 0.6) is 5.75 Å². The van der Waals surface area contributed by atoms with Crippen LogP contribution in [0.1, 0.15) is 32.1 Å². The first-order valence-corrected chi connectivity index (χ1v) is 16.1. The summed E-state index contributed by atoms with van der Waals surface area (Å²) in [4.78, 5) is 16.9. The molecule has 43 heavy (non-hydrogen) atoms. The molecule has 0 saturated carbocycles. The van der Waals surface area contributed by atoms with Crippen molar-refractivity contribution in [3.05, 3.63) is 124 Å². The van der Waals surface area contributed by atoms with E-state index < -0.39 is 24.3 Å². The van der Waals surface area contributed by atoms with Crippen LogP contribution in [0, 0.1) is 13.8 Å². The van der Waals surface area contributed by atoms with Gasteiger partial charge < -0.3 is 0 Å². The summed E-state index contributed by atoms with van der Waals surface area (Å²) in [5, 5.41) is 9.66. The topological polar surface area (TPSA) is 59.4 Å². The molecule has 1 unspecified atom stereocenters. The van der Waals surface area contributed by atoms with Gasteiger partial charge in [0.1, 0.15) is 0 Å². The van der Waals surface area contributed by atoms with E-state index in [0.29, 0.717) is 16.3 Å². The van der Waals surface area contributed by atoms with Gasteiger partial charge in [-0.25, -0.2) is 0 Å². The van der Waals surface area contributed by atoms with Gasteiger partial charge in [-0.15, -0.1) is 0 Å². The van der Waals surface area contributed by atoms with Gasteiger partial charge >= 0.3 is 259 Å².